The molecule has 0 radical (unpaired) electrons. The quantitative estimate of drug-likeness (QED) is 0.375. The molecule has 1 aromatic rings. The Balaban J connectivity index is 2.83. The summed E-state index contributed by atoms with van der Waals surface area (Å²) in [6.07, 6.45) is 0.374. The highest BCUT2D eigenvalue weighted by molar-refractivity contribution is 7.89. The zero-order valence-corrected chi connectivity index (χ0v) is 11.3. The SMILES string of the molecule is N#Cc1ccc(Cl)c(S(=O)(=O)NCCCN=[N+]=[N-])c1. The van der Waals surface area contributed by atoms with Crippen molar-refractivity contribution in [2.45, 2.75) is 11.3 Å². The third-order valence-corrected chi connectivity index (χ3v) is 4.08. The lowest BCUT2D eigenvalue weighted by Crippen LogP contribution is -2.25. The second kappa shape index (κ2) is 6.97. The van der Waals surface area contributed by atoms with Crippen molar-refractivity contribution in [2.75, 3.05) is 13.1 Å². The lowest BCUT2D eigenvalue weighted by molar-refractivity contribution is 0.579. The Morgan fingerprint density at radius 2 is 2.26 bits per heavy atom. The molecule has 19 heavy (non-hydrogen) atoms. The van der Waals surface area contributed by atoms with Crippen LogP contribution in [0.2, 0.25) is 5.02 Å². The summed E-state index contributed by atoms with van der Waals surface area (Å²) in [5, 5.41) is 12.1. The second-order valence-corrected chi connectivity index (χ2v) is 5.61. The Morgan fingerprint density at radius 3 is 2.89 bits per heavy atom. The van der Waals surface area contributed by atoms with Crippen LogP contribution in [0.25, 0.3) is 10.4 Å². The zero-order valence-electron chi connectivity index (χ0n) is 9.74. The van der Waals surface area contributed by atoms with Crippen LogP contribution >= 0.6 is 11.6 Å². The van der Waals surface area contributed by atoms with Gasteiger partial charge in [-0.25, -0.2) is 13.1 Å². The van der Waals surface area contributed by atoms with Gasteiger partial charge in [-0.3, -0.25) is 0 Å². The number of azide groups is 1. The Kier molecular flexibility index (Phi) is 5.60. The molecule has 0 amide bonds. The van der Waals surface area contributed by atoms with Gasteiger partial charge in [0.2, 0.25) is 10.0 Å². The molecule has 0 aliphatic carbocycles. The Morgan fingerprint density at radius 1 is 1.53 bits per heavy atom. The fourth-order valence-electron chi connectivity index (χ4n) is 1.26. The zero-order chi connectivity index (χ0) is 14.3. The average Bonchev–Trinajstić information content (AvgIpc) is 2.39. The Labute approximate surface area is 115 Å². The van der Waals surface area contributed by atoms with Crippen molar-refractivity contribution < 1.29 is 8.42 Å². The van der Waals surface area contributed by atoms with E-state index in [9.17, 15) is 8.42 Å². The summed E-state index contributed by atoms with van der Waals surface area (Å²) < 4.78 is 26.2. The molecule has 0 saturated heterocycles. The van der Waals surface area contributed by atoms with Gasteiger partial charge in [0.15, 0.2) is 0 Å². The highest BCUT2D eigenvalue weighted by Crippen LogP contribution is 2.22. The van der Waals surface area contributed by atoms with E-state index < -0.39 is 10.0 Å². The summed E-state index contributed by atoms with van der Waals surface area (Å²) in [6.45, 7) is 0.319. The molecule has 1 aromatic carbocycles. The maximum atomic E-state index is 11.9. The predicted octanol–water partition coefficient (Wildman–Crippen LogP) is 2.19. The first-order valence-electron chi connectivity index (χ1n) is 5.21. The van der Waals surface area contributed by atoms with Crippen LogP contribution < -0.4 is 4.72 Å². The standard InChI is InChI=1S/C10H10ClN5O2S/c11-9-3-2-8(7-12)6-10(9)19(17,18)15-5-1-4-14-16-13/h2-3,6,15H,1,4-5H2. The number of halogens is 1. The van der Waals surface area contributed by atoms with E-state index in [-0.39, 0.29) is 28.6 Å². The second-order valence-electron chi connectivity index (χ2n) is 3.46. The summed E-state index contributed by atoms with van der Waals surface area (Å²) >= 11 is 5.81. The molecule has 0 heterocycles. The van der Waals surface area contributed by atoms with Gasteiger partial charge in [-0.2, -0.15) is 5.26 Å². The minimum atomic E-state index is -3.78. The molecule has 0 aliphatic rings. The van der Waals surface area contributed by atoms with Crippen molar-refractivity contribution in [2.24, 2.45) is 5.11 Å². The molecule has 1 N–H and O–H groups in total. The van der Waals surface area contributed by atoms with Gasteiger partial charge in [0.05, 0.1) is 16.7 Å². The molecule has 0 saturated carbocycles. The summed E-state index contributed by atoms with van der Waals surface area (Å²) in [7, 11) is -3.78. The van der Waals surface area contributed by atoms with Crippen LogP contribution in [0.4, 0.5) is 0 Å². The topological polar surface area (TPSA) is 119 Å². The van der Waals surface area contributed by atoms with E-state index in [0.29, 0.717) is 6.42 Å². The summed E-state index contributed by atoms with van der Waals surface area (Å²) in [5.74, 6) is 0. The number of nitriles is 1. The molecule has 0 fully saturated rings. The number of hydrogen-bond donors (Lipinski definition) is 1. The number of hydrogen-bond acceptors (Lipinski definition) is 4. The Hall–Kier alpha value is -1.78. The molecule has 0 atom stereocenters. The van der Waals surface area contributed by atoms with E-state index in [1.54, 1.807) is 0 Å². The van der Waals surface area contributed by atoms with Crippen molar-refractivity contribution in [1.29, 1.82) is 5.26 Å². The van der Waals surface area contributed by atoms with Crippen LogP contribution in [0.15, 0.2) is 28.2 Å². The van der Waals surface area contributed by atoms with E-state index in [2.05, 4.69) is 14.7 Å². The maximum absolute atomic E-state index is 11.9. The largest absolute Gasteiger partial charge is 0.242 e. The number of benzene rings is 1. The van der Waals surface area contributed by atoms with Gasteiger partial charge in [0, 0.05) is 18.0 Å². The smallest absolute Gasteiger partial charge is 0.211 e. The van der Waals surface area contributed by atoms with Gasteiger partial charge in [-0.15, -0.1) is 0 Å². The lowest BCUT2D eigenvalue weighted by Gasteiger charge is -2.07. The predicted molar refractivity (Wildman–Crippen MR) is 70.0 cm³/mol. The minimum absolute atomic E-state index is 0.0431. The van der Waals surface area contributed by atoms with E-state index >= 15 is 0 Å². The molecule has 9 heteroatoms. The highest BCUT2D eigenvalue weighted by atomic mass is 35.5. The van der Waals surface area contributed by atoms with Gasteiger partial charge in [-0.05, 0) is 30.2 Å². The molecular weight excluding hydrogens is 290 g/mol. The first-order valence-corrected chi connectivity index (χ1v) is 7.07. The third-order valence-electron chi connectivity index (χ3n) is 2.14. The van der Waals surface area contributed by atoms with Gasteiger partial charge in [0.1, 0.15) is 4.90 Å². The molecule has 0 aromatic heterocycles. The van der Waals surface area contributed by atoms with Gasteiger partial charge in [-0.1, -0.05) is 16.7 Å². The first-order chi connectivity index (χ1) is 9.01. The molecule has 0 unspecified atom stereocenters. The fraction of sp³-hybridized carbons (Fsp3) is 0.300. The maximum Gasteiger partial charge on any atom is 0.242 e. The van der Waals surface area contributed by atoms with Crippen LogP contribution in [0.5, 0.6) is 0 Å². The van der Waals surface area contributed by atoms with E-state index in [1.807, 2.05) is 6.07 Å². The summed E-state index contributed by atoms with van der Waals surface area (Å²) in [6, 6.07) is 5.84. The summed E-state index contributed by atoms with van der Waals surface area (Å²) in [5.41, 5.74) is 8.28. The minimum Gasteiger partial charge on any atom is -0.211 e. The number of sulfonamides is 1. The third kappa shape index (κ3) is 4.43. The van der Waals surface area contributed by atoms with Crippen LogP contribution in [-0.2, 0) is 10.0 Å². The van der Waals surface area contributed by atoms with Crippen molar-refractivity contribution in [3.63, 3.8) is 0 Å². The van der Waals surface area contributed by atoms with Crippen LogP contribution in [0.1, 0.15) is 12.0 Å². The number of nitrogens with one attached hydrogen (secondary N) is 1. The Bertz CT molecular complexity index is 646. The van der Waals surface area contributed by atoms with Gasteiger partial charge >= 0.3 is 0 Å². The van der Waals surface area contributed by atoms with E-state index in [1.165, 1.54) is 18.2 Å². The van der Waals surface area contributed by atoms with Crippen LogP contribution in [0.3, 0.4) is 0 Å². The van der Waals surface area contributed by atoms with Gasteiger partial charge in [0.25, 0.3) is 0 Å². The molecule has 0 aliphatic heterocycles. The van der Waals surface area contributed by atoms with Crippen molar-refractivity contribution >= 4 is 21.6 Å². The van der Waals surface area contributed by atoms with Crippen molar-refractivity contribution in [3.8, 4) is 6.07 Å². The molecule has 100 valence electrons. The molecule has 0 spiro atoms. The molecule has 1 rings (SSSR count). The highest BCUT2D eigenvalue weighted by Gasteiger charge is 2.17. The van der Waals surface area contributed by atoms with Crippen molar-refractivity contribution in [1.82, 2.24) is 4.72 Å². The fourth-order valence-corrected chi connectivity index (χ4v) is 2.86. The lowest BCUT2D eigenvalue weighted by atomic mass is 10.2. The first kappa shape index (κ1) is 15.3. The molecular formula is C10H10ClN5O2S. The molecule has 0 bridgehead atoms. The van der Waals surface area contributed by atoms with E-state index in [0.717, 1.165) is 0 Å². The van der Waals surface area contributed by atoms with Crippen molar-refractivity contribution in [3.05, 3.63) is 39.2 Å². The van der Waals surface area contributed by atoms with Gasteiger partial charge < -0.3 is 0 Å². The van der Waals surface area contributed by atoms with Crippen LogP contribution in [-0.4, -0.2) is 21.5 Å². The monoisotopic (exact) mass is 299 g/mol. The number of rotatable bonds is 6. The van der Waals surface area contributed by atoms with Crippen LogP contribution in [0, 0.1) is 11.3 Å². The normalized spacial score (nSPS) is 10.5. The average molecular weight is 300 g/mol. The number of nitrogens with zero attached hydrogens (tertiary/aromatic N) is 4. The van der Waals surface area contributed by atoms with E-state index in [4.69, 9.17) is 22.4 Å². The summed E-state index contributed by atoms with van der Waals surface area (Å²) in [4.78, 5) is 2.41. The molecule has 7 nitrogen and oxygen atoms in total.